The van der Waals surface area contributed by atoms with Crippen LogP contribution in [-0.4, -0.2) is 26.1 Å². The summed E-state index contributed by atoms with van der Waals surface area (Å²) in [5.41, 5.74) is 1.55. The van der Waals surface area contributed by atoms with E-state index in [-0.39, 0.29) is 0 Å². The van der Waals surface area contributed by atoms with Crippen LogP contribution in [0, 0.1) is 11.7 Å². The lowest BCUT2D eigenvalue weighted by Gasteiger charge is -2.02. The Labute approximate surface area is 134 Å². The lowest BCUT2D eigenvalue weighted by Crippen LogP contribution is -1.95. The first-order valence-corrected chi connectivity index (χ1v) is 7.70. The van der Waals surface area contributed by atoms with Crippen molar-refractivity contribution >= 4 is 41.4 Å². The average molecular weight is 336 g/mol. The third kappa shape index (κ3) is 2.94. The fourth-order valence-electron chi connectivity index (χ4n) is 1.77. The van der Waals surface area contributed by atoms with Gasteiger partial charge in [0.2, 0.25) is 4.77 Å². The summed E-state index contributed by atoms with van der Waals surface area (Å²) >= 11 is 13.0. The fraction of sp³-hybridized carbons (Fsp3) is 0.0769. The highest BCUT2D eigenvalue weighted by molar-refractivity contribution is 7.71. The summed E-state index contributed by atoms with van der Waals surface area (Å²) in [5, 5.41) is 14.8. The van der Waals surface area contributed by atoms with Crippen molar-refractivity contribution in [3.63, 3.8) is 0 Å². The van der Waals surface area contributed by atoms with Gasteiger partial charge in [0.1, 0.15) is 0 Å². The summed E-state index contributed by atoms with van der Waals surface area (Å²) in [4.78, 5) is 4.32. The van der Waals surface area contributed by atoms with Crippen LogP contribution >= 0.6 is 35.2 Å². The topological polar surface area (TPSA) is 58.9 Å². The Kier molecular flexibility index (Phi) is 3.96. The minimum absolute atomic E-state index is 0.396. The van der Waals surface area contributed by atoms with Crippen molar-refractivity contribution in [2.75, 3.05) is 0 Å². The Morgan fingerprint density at radius 1 is 1.43 bits per heavy atom. The molecule has 0 spiro atoms. The molecule has 1 aromatic carbocycles. The van der Waals surface area contributed by atoms with Crippen molar-refractivity contribution in [2.24, 2.45) is 5.10 Å². The third-order valence-corrected chi connectivity index (χ3v) is 4.09. The highest BCUT2D eigenvalue weighted by Crippen LogP contribution is 2.25. The molecular formula is C13H10ClN5S2. The first-order chi connectivity index (χ1) is 10.1. The molecule has 5 nitrogen and oxygen atoms in total. The van der Waals surface area contributed by atoms with Crippen molar-refractivity contribution in [2.45, 2.75) is 6.92 Å². The summed E-state index contributed by atoms with van der Waals surface area (Å²) in [6.07, 6.45) is 1.65. The second-order valence-electron chi connectivity index (χ2n) is 4.18. The number of nitrogens with one attached hydrogen (secondary N) is 1. The van der Waals surface area contributed by atoms with E-state index in [1.54, 1.807) is 23.6 Å². The van der Waals surface area contributed by atoms with Crippen LogP contribution in [0.2, 0.25) is 5.02 Å². The minimum Gasteiger partial charge on any atom is -0.250 e. The van der Waals surface area contributed by atoms with Gasteiger partial charge in [-0.3, -0.25) is 0 Å². The summed E-state index contributed by atoms with van der Waals surface area (Å²) in [5.74, 6) is 0.564. The van der Waals surface area contributed by atoms with Crippen LogP contribution in [0.3, 0.4) is 0 Å². The molecule has 0 aliphatic rings. The number of hydrogen-bond acceptors (Lipinski definition) is 5. The average Bonchev–Trinajstić information content (AvgIpc) is 3.04. The molecule has 0 bridgehead atoms. The van der Waals surface area contributed by atoms with Gasteiger partial charge in [0.15, 0.2) is 5.82 Å². The van der Waals surface area contributed by atoms with Crippen molar-refractivity contribution in [1.82, 2.24) is 19.9 Å². The van der Waals surface area contributed by atoms with Gasteiger partial charge in [0, 0.05) is 10.9 Å². The molecule has 0 atom stereocenters. The Morgan fingerprint density at radius 2 is 2.24 bits per heavy atom. The number of aromatic nitrogens is 4. The van der Waals surface area contributed by atoms with E-state index < -0.39 is 0 Å². The van der Waals surface area contributed by atoms with Crippen molar-refractivity contribution in [1.29, 1.82) is 0 Å². The monoisotopic (exact) mass is 335 g/mol. The molecule has 21 heavy (non-hydrogen) atoms. The molecule has 0 aliphatic heterocycles. The molecule has 2 heterocycles. The molecule has 0 fully saturated rings. The van der Waals surface area contributed by atoms with Crippen LogP contribution in [0.15, 0.2) is 34.7 Å². The number of benzene rings is 1. The molecule has 0 aliphatic carbocycles. The SMILES string of the molecule is Cc1nc(/C=N\n2c(-c3ccccc3Cl)n[nH]c2=S)cs1. The van der Waals surface area contributed by atoms with E-state index in [4.69, 9.17) is 23.8 Å². The van der Waals surface area contributed by atoms with Gasteiger partial charge in [-0.15, -0.1) is 11.3 Å². The molecule has 1 N–H and O–H groups in total. The summed E-state index contributed by atoms with van der Waals surface area (Å²) in [6.45, 7) is 1.95. The molecule has 0 amide bonds. The number of rotatable bonds is 3. The Balaban J connectivity index is 2.04. The fourth-order valence-corrected chi connectivity index (χ4v) is 2.73. The van der Waals surface area contributed by atoms with Crippen LogP contribution < -0.4 is 0 Å². The number of H-pyrrole nitrogens is 1. The molecule has 0 saturated carbocycles. The van der Waals surface area contributed by atoms with Crippen LogP contribution in [0.5, 0.6) is 0 Å². The van der Waals surface area contributed by atoms with E-state index in [2.05, 4.69) is 20.3 Å². The number of nitrogens with zero attached hydrogens (tertiary/aromatic N) is 4. The maximum atomic E-state index is 6.20. The normalized spacial score (nSPS) is 11.3. The van der Waals surface area contributed by atoms with Gasteiger partial charge in [0.25, 0.3) is 0 Å². The van der Waals surface area contributed by atoms with Gasteiger partial charge in [-0.2, -0.15) is 14.9 Å². The molecular weight excluding hydrogens is 326 g/mol. The van der Waals surface area contributed by atoms with Crippen molar-refractivity contribution in [3.8, 4) is 11.4 Å². The summed E-state index contributed by atoms with van der Waals surface area (Å²) in [6, 6.07) is 7.41. The van der Waals surface area contributed by atoms with Crippen molar-refractivity contribution < 1.29 is 0 Å². The van der Waals surface area contributed by atoms with Gasteiger partial charge in [0.05, 0.1) is 21.9 Å². The highest BCUT2D eigenvalue weighted by atomic mass is 35.5. The maximum Gasteiger partial charge on any atom is 0.216 e. The third-order valence-electron chi connectivity index (χ3n) is 2.71. The van der Waals surface area contributed by atoms with E-state index >= 15 is 0 Å². The number of halogens is 1. The van der Waals surface area contributed by atoms with Crippen LogP contribution in [0.4, 0.5) is 0 Å². The molecule has 2 aromatic heterocycles. The minimum atomic E-state index is 0.396. The first-order valence-electron chi connectivity index (χ1n) is 6.04. The molecule has 0 saturated heterocycles. The van der Waals surface area contributed by atoms with Crippen molar-refractivity contribution in [3.05, 3.63) is 50.1 Å². The van der Waals surface area contributed by atoms with Gasteiger partial charge in [-0.25, -0.2) is 10.1 Å². The zero-order chi connectivity index (χ0) is 14.8. The quantitative estimate of drug-likeness (QED) is 0.583. The standard InChI is InChI=1S/C13H10ClN5S2/c1-8-16-9(7-21-8)6-15-19-12(17-18-13(19)20)10-4-2-3-5-11(10)14/h2-7H,1H3,(H,18,20)/b15-6-. The Hall–Kier alpha value is -1.83. The molecule has 0 radical (unpaired) electrons. The van der Waals surface area contributed by atoms with Crippen LogP contribution in [-0.2, 0) is 0 Å². The van der Waals surface area contributed by atoms with E-state index in [9.17, 15) is 0 Å². The molecule has 3 rings (SSSR count). The van der Waals surface area contributed by atoms with Gasteiger partial charge >= 0.3 is 0 Å². The predicted molar refractivity (Wildman–Crippen MR) is 87.7 cm³/mol. The van der Waals surface area contributed by atoms with Gasteiger partial charge in [-0.1, -0.05) is 23.7 Å². The second-order valence-corrected chi connectivity index (χ2v) is 6.04. The Bertz CT molecular complexity index is 861. The number of hydrogen-bond donors (Lipinski definition) is 1. The van der Waals surface area contributed by atoms with Crippen LogP contribution in [0.25, 0.3) is 11.4 Å². The lowest BCUT2D eigenvalue weighted by atomic mass is 10.2. The molecule has 0 unspecified atom stereocenters. The molecule has 8 heteroatoms. The van der Waals surface area contributed by atoms with Gasteiger partial charge in [-0.05, 0) is 31.3 Å². The lowest BCUT2D eigenvalue weighted by molar-refractivity contribution is 0.871. The largest absolute Gasteiger partial charge is 0.250 e. The molecule has 3 aromatic rings. The van der Waals surface area contributed by atoms with E-state index in [0.29, 0.717) is 15.6 Å². The first kappa shape index (κ1) is 14.1. The number of aryl methyl sites for hydroxylation is 1. The number of thiazole rings is 1. The summed E-state index contributed by atoms with van der Waals surface area (Å²) in [7, 11) is 0. The zero-order valence-corrected chi connectivity index (χ0v) is 13.3. The zero-order valence-electron chi connectivity index (χ0n) is 10.9. The smallest absolute Gasteiger partial charge is 0.216 e. The van der Waals surface area contributed by atoms with E-state index in [1.807, 2.05) is 30.5 Å². The van der Waals surface area contributed by atoms with E-state index in [0.717, 1.165) is 16.3 Å². The predicted octanol–water partition coefficient (Wildman–Crippen LogP) is 3.91. The highest BCUT2D eigenvalue weighted by Gasteiger charge is 2.11. The van der Waals surface area contributed by atoms with Gasteiger partial charge < -0.3 is 0 Å². The Morgan fingerprint density at radius 3 is 2.95 bits per heavy atom. The van der Waals surface area contributed by atoms with Crippen LogP contribution in [0.1, 0.15) is 10.7 Å². The maximum absolute atomic E-state index is 6.20. The summed E-state index contributed by atoms with van der Waals surface area (Å²) < 4.78 is 1.93. The molecule has 106 valence electrons. The number of aromatic amines is 1. The second kappa shape index (κ2) is 5.88. The van der Waals surface area contributed by atoms with E-state index in [1.165, 1.54) is 4.68 Å².